The minimum atomic E-state index is -0.378. The molecule has 0 spiro atoms. The molecule has 1 saturated heterocycles. The van der Waals surface area contributed by atoms with Gasteiger partial charge in [-0.25, -0.2) is 4.98 Å². The minimum Gasteiger partial charge on any atom is -0.365 e. The lowest BCUT2D eigenvalue weighted by Crippen LogP contribution is -2.50. The normalized spacial score (nSPS) is 23.2. The fraction of sp³-hybridized carbons (Fsp3) is 0.571. The molecule has 0 aromatic carbocycles. The molecule has 1 aliphatic carbocycles. The van der Waals surface area contributed by atoms with Crippen molar-refractivity contribution in [3.8, 4) is 0 Å². The van der Waals surface area contributed by atoms with E-state index >= 15 is 0 Å². The largest absolute Gasteiger partial charge is 0.365 e. The van der Waals surface area contributed by atoms with Gasteiger partial charge in [-0.05, 0) is 37.5 Å². The highest BCUT2D eigenvalue weighted by Gasteiger charge is 2.31. The Hall–Kier alpha value is -1.62. The molecular weight excluding hydrogens is 242 g/mol. The Morgan fingerprint density at radius 1 is 1.53 bits per heavy atom. The van der Waals surface area contributed by atoms with E-state index in [4.69, 9.17) is 4.74 Å². The average Bonchev–Trinajstić information content (AvgIpc) is 3.23. The Morgan fingerprint density at radius 2 is 2.37 bits per heavy atom. The van der Waals surface area contributed by atoms with E-state index < -0.39 is 0 Å². The summed E-state index contributed by atoms with van der Waals surface area (Å²) in [6, 6.07) is 4.39. The molecule has 3 rings (SSSR count). The van der Waals surface area contributed by atoms with E-state index in [1.807, 2.05) is 19.1 Å². The lowest BCUT2D eigenvalue weighted by molar-refractivity contribution is -0.133. The summed E-state index contributed by atoms with van der Waals surface area (Å²) in [7, 11) is 0. The van der Waals surface area contributed by atoms with E-state index in [0.29, 0.717) is 19.2 Å². The third kappa shape index (κ3) is 3.04. The molecule has 2 aliphatic rings. The first kappa shape index (κ1) is 12.4. The van der Waals surface area contributed by atoms with Gasteiger partial charge in [0.25, 0.3) is 5.91 Å². The van der Waals surface area contributed by atoms with Crippen LogP contribution in [0, 0.1) is 6.92 Å². The SMILES string of the molecule is Cc1ccnc(N2CCOC(C(=O)NC3CC3)C2)c1. The Kier molecular flexibility index (Phi) is 3.38. The van der Waals surface area contributed by atoms with Gasteiger partial charge < -0.3 is 15.0 Å². The zero-order valence-electron chi connectivity index (χ0n) is 11.1. The number of anilines is 1. The highest BCUT2D eigenvalue weighted by molar-refractivity contribution is 5.82. The van der Waals surface area contributed by atoms with Gasteiger partial charge in [0.05, 0.1) is 13.2 Å². The van der Waals surface area contributed by atoms with Crippen molar-refractivity contribution in [1.82, 2.24) is 10.3 Å². The van der Waals surface area contributed by atoms with Gasteiger partial charge in [0, 0.05) is 18.8 Å². The summed E-state index contributed by atoms with van der Waals surface area (Å²) in [6.07, 6.45) is 3.62. The maximum atomic E-state index is 12.0. The maximum Gasteiger partial charge on any atom is 0.251 e. The fourth-order valence-corrected chi connectivity index (χ4v) is 2.23. The van der Waals surface area contributed by atoms with Crippen molar-refractivity contribution in [2.45, 2.75) is 31.9 Å². The molecule has 1 N–H and O–H groups in total. The van der Waals surface area contributed by atoms with Crippen LogP contribution in [0.15, 0.2) is 18.3 Å². The van der Waals surface area contributed by atoms with Crippen LogP contribution < -0.4 is 10.2 Å². The second-order valence-corrected chi connectivity index (χ2v) is 5.28. The van der Waals surface area contributed by atoms with Crippen molar-refractivity contribution in [2.24, 2.45) is 0 Å². The third-order valence-electron chi connectivity index (χ3n) is 3.51. The number of pyridine rings is 1. The van der Waals surface area contributed by atoms with Gasteiger partial charge in [-0.2, -0.15) is 0 Å². The number of nitrogens with one attached hydrogen (secondary N) is 1. The van der Waals surface area contributed by atoms with Crippen LogP contribution in [0.4, 0.5) is 5.82 Å². The molecule has 2 heterocycles. The summed E-state index contributed by atoms with van der Waals surface area (Å²) in [5.41, 5.74) is 1.18. The van der Waals surface area contributed by atoms with Gasteiger partial charge in [0.2, 0.25) is 0 Å². The number of hydrogen-bond donors (Lipinski definition) is 1. The number of ether oxygens (including phenoxy) is 1. The monoisotopic (exact) mass is 261 g/mol. The van der Waals surface area contributed by atoms with Crippen LogP contribution in [0.3, 0.4) is 0 Å². The van der Waals surface area contributed by atoms with Crippen molar-refractivity contribution in [1.29, 1.82) is 0 Å². The minimum absolute atomic E-state index is 0.0138. The van der Waals surface area contributed by atoms with E-state index in [2.05, 4.69) is 15.2 Å². The molecule has 1 aliphatic heterocycles. The molecule has 1 aromatic rings. The highest BCUT2D eigenvalue weighted by Crippen LogP contribution is 2.20. The predicted octanol–water partition coefficient (Wildman–Crippen LogP) is 0.874. The molecule has 1 saturated carbocycles. The van der Waals surface area contributed by atoms with Crippen LogP contribution >= 0.6 is 0 Å². The van der Waals surface area contributed by atoms with Crippen LogP contribution in [0.25, 0.3) is 0 Å². The molecule has 5 heteroatoms. The smallest absolute Gasteiger partial charge is 0.251 e. The summed E-state index contributed by atoms with van der Waals surface area (Å²) >= 11 is 0. The van der Waals surface area contributed by atoms with Crippen molar-refractivity contribution < 1.29 is 9.53 Å². The zero-order chi connectivity index (χ0) is 13.2. The van der Waals surface area contributed by atoms with E-state index in [1.54, 1.807) is 6.20 Å². The number of hydrogen-bond acceptors (Lipinski definition) is 4. The van der Waals surface area contributed by atoms with Crippen molar-refractivity contribution in [3.05, 3.63) is 23.9 Å². The summed E-state index contributed by atoms with van der Waals surface area (Å²) in [6.45, 7) is 3.97. The first-order chi connectivity index (χ1) is 9.22. The van der Waals surface area contributed by atoms with Gasteiger partial charge in [-0.15, -0.1) is 0 Å². The molecule has 1 aromatic heterocycles. The Bertz CT molecular complexity index is 474. The standard InChI is InChI=1S/C14H19N3O2/c1-10-4-5-15-13(8-10)17-6-7-19-12(9-17)14(18)16-11-2-3-11/h4-5,8,11-12H,2-3,6-7,9H2,1H3,(H,16,18). The molecule has 0 bridgehead atoms. The van der Waals surface area contributed by atoms with Gasteiger partial charge in [-0.3, -0.25) is 4.79 Å². The Balaban J connectivity index is 1.65. The predicted molar refractivity (Wildman–Crippen MR) is 72.1 cm³/mol. The average molecular weight is 261 g/mol. The second-order valence-electron chi connectivity index (χ2n) is 5.28. The summed E-state index contributed by atoms with van der Waals surface area (Å²) < 4.78 is 5.57. The first-order valence-corrected chi connectivity index (χ1v) is 6.82. The van der Waals surface area contributed by atoms with Gasteiger partial charge in [0.15, 0.2) is 6.10 Å². The summed E-state index contributed by atoms with van der Waals surface area (Å²) in [5, 5.41) is 3.00. The molecule has 5 nitrogen and oxygen atoms in total. The first-order valence-electron chi connectivity index (χ1n) is 6.82. The van der Waals surface area contributed by atoms with Crippen molar-refractivity contribution in [3.63, 3.8) is 0 Å². The molecule has 1 amide bonds. The van der Waals surface area contributed by atoms with Gasteiger partial charge >= 0.3 is 0 Å². The molecule has 102 valence electrons. The molecular formula is C14H19N3O2. The number of aromatic nitrogens is 1. The lowest BCUT2D eigenvalue weighted by Gasteiger charge is -2.33. The second kappa shape index (κ2) is 5.17. The molecule has 2 fully saturated rings. The number of rotatable bonds is 3. The molecule has 1 unspecified atom stereocenters. The van der Waals surface area contributed by atoms with Crippen molar-refractivity contribution >= 4 is 11.7 Å². The van der Waals surface area contributed by atoms with E-state index in [-0.39, 0.29) is 12.0 Å². The number of carbonyl (C=O) groups is 1. The number of aryl methyl sites for hydroxylation is 1. The Labute approximate surface area is 113 Å². The molecule has 0 radical (unpaired) electrons. The number of carbonyl (C=O) groups excluding carboxylic acids is 1. The lowest BCUT2D eigenvalue weighted by atomic mass is 10.2. The number of amides is 1. The van der Waals surface area contributed by atoms with Crippen LogP contribution in [0.2, 0.25) is 0 Å². The number of morpholine rings is 1. The Morgan fingerprint density at radius 3 is 3.11 bits per heavy atom. The van der Waals surface area contributed by atoms with Crippen LogP contribution in [-0.2, 0) is 9.53 Å². The van der Waals surface area contributed by atoms with E-state index in [1.165, 1.54) is 5.56 Å². The molecule has 19 heavy (non-hydrogen) atoms. The zero-order valence-corrected chi connectivity index (χ0v) is 11.1. The summed E-state index contributed by atoms with van der Waals surface area (Å²) in [4.78, 5) is 18.5. The van der Waals surface area contributed by atoms with E-state index in [0.717, 1.165) is 25.2 Å². The quantitative estimate of drug-likeness (QED) is 0.877. The van der Waals surface area contributed by atoms with Crippen LogP contribution in [-0.4, -0.2) is 42.7 Å². The van der Waals surface area contributed by atoms with Gasteiger partial charge in [0.1, 0.15) is 5.82 Å². The third-order valence-corrected chi connectivity index (χ3v) is 3.51. The fourth-order valence-electron chi connectivity index (χ4n) is 2.23. The van der Waals surface area contributed by atoms with Crippen molar-refractivity contribution in [2.75, 3.05) is 24.6 Å². The molecule has 1 atom stereocenters. The number of nitrogens with zero attached hydrogens (tertiary/aromatic N) is 2. The van der Waals surface area contributed by atoms with E-state index in [9.17, 15) is 4.79 Å². The van der Waals surface area contributed by atoms with Gasteiger partial charge in [-0.1, -0.05) is 0 Å². The van der Waals surface area contributed by atoms with Crippen LogP contribution in [0.5, 0.6) is 0 Å². The summed E-state index contributed by atoms with van der Waals surface area (Å²) in [5.74, 6) is 0.937. The highest BCUT2D eigenvalue weighted by atomic mass is 16.5. The topological polar surface area (TPSA) is 54.5 Å². The maximum absolute atomic E-state index is 12.0. The van der Waals surface area contributed by atoms with Crippen LogP contribution in [0.1, 0.15) is 18.4 Å².